The van der Waals surface area contributed by atoms with Crippen molar-refractivity contribution >= 4 is 5.91 Å². The molecule has 0 unspecified atom stereocenters. The zero-order valence-corrected chi connectivity index (χ0v) is 13.3. The van der Waals surface area contributed by atoms with Crippen molar-refractivity contribution in [2.24, 2.45) is 0 Å². The van der Waals surface area contributed by atoms with Crippen molar-refractivity contribution in [1.29, 1.82) is 5.26 Å². The number of nitrogens with zero attached hydrogens (tertiary/aromatic N) is 2. The Morgan fingerprint density at radius 1 is 1.41 bits per heavy atom. The molecule has 1 atom stereocenters. The summed E-state index contributed by atoms with van der Waals surface area (Å²) in [6, 6.07) is 11.1. The van der Waals surface area contributed by atoms with Crippen LogP contribution in [0.5, 0.6) is 0 Å². The molecule has 0 saturated heterocycles. The number of carbonyl (C=O) groups is 1. The molecule has 0 spiro atoms. The zero-order chi connectivity index (χ0) is 15.8. The Morgan fingerprint density at radius 2 is 2.18 bits per heavy atom. The van der Waals surface area contributed by atoms with Crippen molar-refractivity contribution < 1.29 is 4.79 Å². The van der Waals surface area contributed by atoms with Gasteiger partial charge in [-0.2, -0.15) is 5.26 Å². The van der Waals surface area contributed by atoms with Crippen LogP contribution in [0.2, 0.25) is 0 Å². The molecule has 0 fully saturated rings. The maximum Gasteiger partial charge on any atom is 0.234 e. The summed E-state index contributed by atoms with van der Waals surface area (Å²) in [7, 11) is 0. The highest BCUT2D eigenvalue weighted by Crippen LogP contribution is 2.24. The highest BCUT2D eigenvalue weighted by Gasteiger charge is 2.24. The molecule has 0 saturated carbocycles. The van der Waals surface area contributed by atoms with Crippen LogP contribution in [0.4, 0.5) is 0 Å². The van der Waals surface area contributed by atoms with Gasteiger partial charge in [-0.05, 0) is 43.4 Å². The molecular formula is C18H25N3O. The second-order valence-electron chi connectivity index (χ2n) is 5.89. The smallest absolute Gasteiger partial charge is 0.234 e. The van der Waals surface area contributed by atoms with Crippen LogP contribution in [0.3, 0.4) is 0 Å². The molecule has 1 aromatic carbocycles. The highest BCUT2D eigenvalue weighted by atomic mass is 16.2. The molecule has 0 aliphatic heterocycles. The first-order chi connectivity index (χ1) is 10.7. The van der Waals surface area contributed by atoms with Gasteiger partial charge in [0.25, 0.3) is 0 Å². The van der Waals surface area contributed by atoms with E-state index in [0.717, 1.165) is 32.2 Å². The fraction of sp³-hybridized carbons (Fsp3) is 0.556. The summed E-state index contributed by atoms with van der Waals surface area (Å²) in [4.78, 5) is 14.3. The minimum absolute atomic E-state index is 0.0301. The molecule has 1 amide bonds. The van der Waals surface area contributed by atoms with Crippen molar-refractivity contribution in [3.8, 4) is 6.07 Å². The fourth-order valence-electron chi connectivity index (χ4n) is 3.17. The van der Waals surface area contributed by atoms with Crippen LogP contribution in [-0.4, -0.2) is 36.5 Å². The Morgan fingerprint density at radius 3 is 2.91 bits per heavy atom. The SMILES string of the molecule is CCCN(CC(=O)NCCC#N)[C@@H]1CCc2ccccc2C1. The predicted molar refractivity (Wildman–Crippen MR) is 87.4 cm³/mol. The molecule has 0 heterocycles. The molecule has 118 valence electrons. The van der Waals surface area contributed by atoms with E-state index in [9.17, 15) is 4.79 Å². The maximum absolute atomic E-state index is 12.0. The maximum atomic E-state index is 12.0. The minimum Gasteiger partial charge on any atom is -0.354 e. The summed E-state index contributed by atoms with van der Waals surface area (Å²) in [5.41, 5.74) is 2.87. The summed E-state index contributed by atoms with van der Waals surface area (Å²) in [5.74, 6) is 0.0301. The summed E-state index contributed by atoms with van der Waals surface area (Å²) in [6.45, 7) is 3.98. The molecule has 4 nitrogen and oxygen atoms in total. The highest BCUT2D eigenvalue weighted by molar-refractivity contribution is 5.78. The van der Waals surface area contributed by atoms with Crippen LogP contribution in [0, 0.1) is 11.3 Å². The zero-order valence-electron chi connectivity index (χ0n) is 13.3. The van der Waals surface area contributed by atoms with Crippen LogP contribution in [0.15, 0.2) is 24.3 Å². The molecule has 4 heteroatoms. The van der Waals surface area contributed by atoms with Crippen LogP contribution in [0.1, 0.15) is 37.3 Å². The van der Waals surface area contributed by atoms with Crippen molar-refractivity contribution in [2.45, 2.75) is 45.1 Å². The van der Waals surface area contributed by atoms with Crippen molar-refractivity contribution in [3.05, 3.63) is 35.4 Å². The third-order valence-electron chi connectivity index (χ3n) is 4.25. The van der Waals surface area contributed by atoms with Gasteiger partial charge in [0.1, 0.15) is 0 Å². The van der Waals surface area contributed by atoms with Crippen LogP contribution in [-0.2, 0) is 17.6 Å². The lowest BCUT2D eigenvalue weighted by molar-refractivity contribution is -0.122. The second kappa shape index (κ2) is 8.55. The van der Waals surface area contributed by atoms with E-state index < -0.39 is 0 Å². The average molecular weight is 299 g/mol. The Kier molecular flexibility index (Phi) is 6.42. The normalized spacial score (nSPS) is 16.9. The third-order valence-corrected chi connectivity index (χ3v) is 4.25. The van der Waals surface area contributed by atoms with E-state index in [-0.39, 0.29) is 5.91 Å². The van der Waals surface area contributed by atoms with Gasteiger partial charge in [-0.1, -0.05) is 31.2 Å². The molecule has 1 aliphatic rings. The lowest BCUT2D eigenvalue weighted by Gasteiger charge is -2.34. The van der Waals surface area contributed by atoms with Gasteiger partial charge in [-0.15, -0.1) is 0 Å². The summed E-state index contributed by atoms with van der Waals surface area (Å²) < 4.78 is 0. The molecule has 0 aromatic heterocycles. The van der Waals surface area contributed by atoms with Gasteiger partial charge in [0, 0.05) is 12.6 Å². The monoisotopic (exact) mass is 299 g/mol. The van der Waals surface area contributed by atoms with Gasteiger partial charge in [0.15, 0.2) is 0 Å². The van der Waals surface area contributed by atoms with E-state index in [1.165, 1.54) is 11.1 Å². The van der Waals surface area contributed by atoms with Crippen molar-refractivity contribution in [3.63, 3.8) is 0 Å². The standard InChI is InChI=1S/C18H25N3O/c1-2-12-21(14-18(22)20-11-5-10-19)17-9-8-15-6-3-4-7-16(15)13-17/h3-4,6-7,17H,2,5,8-9,11-14H2,1H3,(H,20,22)/t17-/m1/s1. The number of rotatable bonds is 7. The lowest BCUT2D eigenvalue weighted by atomic mass is 9.87. The van der Waals surface area contributed by atoms with Crippen LogP contribution < -0.4 is 5.32 Å². The van der Waals surface area contributed by atoms with E-state index in [2.05, 4.69) is 41.4 Å². The van der Waals surface area contributed by atoms with Gasteiger partial charge in [-0.25, -0.2) is 0 Å². The first-order valence-corrected chi connectivity index (χ1v) is 8.19. The number of hydrogen-bond donors (Lipinski definition) is 1. The van der Waals surface area contributed by atoms with E-state index in [1.807, 2.05) is 6.07 Å². The fourth-order valence-corrected chi connectivity index (χ4v) is 3.17. The molecule has 22 heavy (non-hydrogen) atoms. The van der Waals surface area contributed by atoms with Crippen molar-refractivity contribution in [2.75, 3.05) is 19.6 Å². The Labute approximate surface area is 133 Å². The van der Waals surface area contributed by atoms with Gasteiger partial charge in [0.2, 0.25) is 5.91 Å². The van der Waals surface area contributed by atoms with Crippen molar-refractivity contribution in [1.82, 2.24) is 10.2 Å². The Balaban J connectivity index is 1.94. The summed E-state index contributed by atoms with van der Waals surface area (Å²) >= 11 is 0. The van der Waals surface area contributed by atoms with E-state index in [4.69, 9.17) is 5.26 Å². The number of hydrogen-bond acceptors (Lipinski definition) is 3. The molecule has 1 N–H and O–H groups in total. The summed E-state index contributed by atoms with van der Waals surface area (Å²) in [6.07, 6.45) is 4.65. The molecule has 0 bridgehead atoms. The summed E-state index contributed by atoms with van der Waals surface area (Å²) in [5, 5.41) is 11.4. The van der Waals surface area contributed by atoms with Gasteiger partial charge >= 0.3 is 0 Å². The van der Waals surface area contributed by atoms with Crippen LogP contribution >= 0.6 is 0 Å². The second-order valence-corrected chi connectivity index (χ2v) is 5.89. The van der Waals surface area contributed by atoms with E-state index in [1.54, 1.807) is 0 Å². The number of nitrogens with one attached hydrogen (secondary N) is 1. The quantitative estimate of drug-likeness (QED) is 0.786. The average Bonchev–Trinajstić information content (AvgIpc) is 2.54. The number of benzene rings is 1. The molecule has 1 aromatic rings. The number of carbonyl (C=O) groups excluding carboxylic acids is 1. The van der Waals surface area contributed by atoms with Gasteiger partial charge in [-0.3, -0.25) is 9.69 Å². The first-order valence-electron chi connectivity index (χ1n) is 8.19. The number of aryl methyl sites for hydroxylation is 1. The predicted octanol–water partition coefficient (Wildman–Crippen LogP) is 2.29. The lowest BCUT2D eigenvalue weighted by Crippen LogP contribution is -2.45. The molecular weight excluding hydrogens is 274 g/mol. The molecule has 1 aliphatic carbocycles. The van der Waals surface area contributed by atoms with Gasteiger partial charge in [0.05, 0.1) is 19.0 Å². The van der Waals surface area contributed by atoms with Gasteiger partial charge < -0.3 is 5.32 Å². The first kappa shape index (κ1) is 16.5. The Hall–Kier alpha value is -1.86. The molecule has 2 rings (SSSR count). The number of amides is 1. The van der Waals surface area contributed by atoms with E-state index in [0.29, 0.717) is 25.6 Å². The van der Waals surface area contributed by atoms with E-state index >= 15 is 0 Å². The number of nitriles is 1. The largest absolute Gasteiger partial charge is 0.354 e. The van der Waals surface area contributed by atoms with Crippen LogP contribution in [0.25, 0.3) is 0 Å². The third kappa shape index (κ3) is 4.57. The number of fused-ring (bicyclic) bond motifs is 1. The topological polar surface area (TPSA) is 56.1 Å². The minimum atomic E-state index is 0.0301. The Bertz CT molecular complexity index is 535. The molecule has 0 radical (unpaired) electrons.